The minimum absolute atomic E-state index is 0. The predicted molar refractivity (Wildman–Crippen MR) is 38.7 cm³/mol. The van der Waals surface area contributed by atoms with Gasteiger partial charge in [0.25, 0.3) is 0 Å². The summed E-state index contributed by atoms with van der Waals surface area (Å²) in [5.41, 5.74) is 0. The van der Waals surface area contributed by atoms with Crippen LogP contribution in [0.3, 0.4) is 0 Å². The third-order valence-electron chi connectivity index (χ3n) is 1.13. The number of methoxy groups -OCH3 is 1. The van der Waals surface area contributed by atoms with Gasteiger partial charge in [0, 0.05) is 6.07 Å². The fourth-order valence-electron chi connectivity index (χ4n) is 0.604. The molecule has 0 amide bonds. The Morgan fingerprint density at radius 3 is 2.00 bits per heavy atom. The second-order valence-corrected chi connectivity index (χ2v) is 1.78. The first-order valence-corrected chi connectivity index (χ1v) is 2.73. The van der Waals surface area contributed by atoms with Gasteiger partial charge in [-0.1, -0.05) is 0 Å². The van der Waals surface area contributed by atoms with E-state index in [4.69, 9.17) is 0 Å². The summed E-state index contributed by atoms with van der Waals surface area (Å²) >= 11 is 0. The largest absolute Gasteiger partial charge is 2.00 e. The first-order chi connectivity index (χ1) is 4.74. The van der Waals surface area contributed by atoms with Gasteiger partial charge in [0.1, 0.15) is 5.75 Å². The minimum Gasteiger partial charge on any atom is -1.00 e. The van der Waals surface area contributed by atoms with E-state index in [1.807, 2.05) is 0 Å². The smallest absolute Gasteiger partial charge is 1.00 e. The van der Waals surface area contributed by atoms with Crippen molar-refractivity contribution in [2.45, 2.75) is 0 Å². The molecule has 6 heteroatoms. The summed E-state index contributed by atoms with van der Waals surface area (Å²) in [4.78, 5) is 0. The Labute approximate surface area is 104 Å². The molecule has 0 aliphatic heterocycles. The van der Waals surface area contributed by atoms with Crippen molar-refractivity contribution in [2.75, 3.05) is 7.11 Å². The SMILES string of the molecule is COc1ccc(F)c(F)c1.[Cl-].[Cl-].[Mg+2]. The molecule has 0 radical (unpaired) electrons. The van der Waals surface area contributed by atoms with E-state index in [9.17, 15) is 8.78 Å². The summed E-state index contributed by atoms with van der Waals surface area (Å²) < 4.78 is 29.2. The van der Waals surface area contributed by atoms with Crippen molar-refractivity contribution in [3.63, 3.8) is 0 Å². The minimum atomic E-state index is -0.889. The molecule has 0 unspecified atom stereocenters. The molecule has 0 atom stereocenters. The molecular weight excluding hydrogens is 233 g/mol. The topological polar surface area (TPSA) is 9.23 Å². The maximum absolute atomic E-state index is 12.3. The quantitative estimate of drug-likeness (QED) is 0.450. The van der Waals surface area contributed by atoms with E-state index in [2.05, 4.69) is 4.74 Å². The van der Waals surface area contributed by atoms with Gasteiger partial charge in [-0.2, -0.15) is 0 Å². The van der Waals surface area contributed by atoms with Gasteiger partial charge in [0.15, 0.2) is 11.6 Å². The fourth-order valence-corrected chi connectivity index (χ4v) is 0.604. The number of halogens is 4. The fraction of sp³-hybridized carbons (Fsp3) is 0.143. The second kappa shape index (κ2) is 8.81. The van der Waals surface area contributed by atoms with Crippen molar-refractivity contribution >= 4 is 23.1 Å². The van der Waals surface area contributed by atoms with Crippen LogP contribution >= 0.6 is 0 Å². The summed E-state index contributed by atoms with van der Waals surface area (Å²) in [7, 11) is 1.40. The van der Waals surface area contributed by atoms with Crippen LogP contribution in [0.5, 0.6) is 5.75 Å². The van der Waals surface area contributed by atoms with Crippen molar-refractivity contribution in [2.24, 2.45) is 0 Å². The van der Waals surface area contributed by atoms with Crippen molar-refractivity contribution in [3.05, 3.63) is 29.8 Å². The van der Waals surface area contributed by atoms with Crippen LogP contribution in [0.4, 0.5) is 8.78 Å². The molecule has 0 N–H and O–H groups in total. The molecule has 1 rings (SSSR count). The summed E-state index contributed by atoms with van der Waals surface area (Å²) in [5.74, 6) is -1.43. The van der Waals surface area contributed by atoms with Crippen LogP contribution in [0.15, 0.2) is 18.2 Å². The van der Waals surface area contributed by atoms with Gasteiger partial charge in [-0.25, -0.2) is 8.78 Å². The van der Waals surface area contributed by atoms with Gasteiger partial charge in [-0.3, -0.25) is 0 Å². The normalized spacial score (nSPS) is 7.31. The molecule has 0 fully saturated rings. The standard InChI is InChI=1S/C7H6F2O.2ClH.Mg/c1-10-5-2-3-6(8)7(9)4-5;;;/h2-4H,1H3;2*1H;/q;;;+2/p-2. The molecule has 1 nitrogen and oxygen atoms in total. The number of hydrogen-bond donors (Lipinski definition) is 0. The molecule has 0 heterocycles. The van der Waals surface area contributed by atoms with Crippen LogP contribution in [0.2, 0.25) is 0 Å². The van der Waals surface area contributed by atoms with Gasteiger partial charge in [-0.05, 0) is 12.1 Å². The van der Waals surface area contributed by atoms with Gasteiger partial charge in [-0.15, -0.1) is 0 Å². The average molecular weight is 239 g/mol. The van der Waals surface area contributed by atoms with Gasteiger partial charge < -0.3 is 29.6 Å². The molecule has 0 saturated heterocycles. The molecular formula is C7H6Cl2F2MgO. The Morgan fingerprint density at radius 1 is 1.08 bits per heavy atom. The molecule has 0 saturated carbocycles. The van der Waals surface area contributed by atoms with E-state index in [-0.39, 0.29) is 47.9 Å². The van der Waals surface area contributed by atoms with Gasteiger partial charge >= 0.3 is 23.1 Å². The molecule has 0 aliphatic rings. The van der Waals surface area contributed by atoms with E-state index in [1.165, 1.54) is 13.2 Å². The van der Waals surface area contributed by atoms with Crippen molar-refractivity contribution in [1.82, 2.24) is 0 Å². The first-order valence-electron chi connectivity index (χ1n) is 2.73. The van der Waals surface area contributed by atoms with E-state index >= 15 is 0 Å². The Morgan fingerprint density at radius 2 is 1.62 bits per heavy atom. The summed E-state index contributed by atoms with van der Waals surface area (Å²) in [5, 5.41) is 0. The Bertz CT molecular complexity index is 248. The molecule has 70 valence electrons. The van der Waals surface area contributed by atoms with Crippen LogP contribution in [0.25, 0.3) is 0 Å². The zero-order valence-corrected chi connectivity index (χ0v) is 9.79. The van der Waals surface area contributed by atoms with Crippen LogP contribution in [-0.4, -0.2) is 30.2 Å². The Balaban J connectivity index is -0.000000333. The van der Waals surface area contributed by atoms with Crippen LogP contribution in [0.1, 0.15) is 0 Å². The molecule has 0 aromatic heterocycles. The maximum atomic E-state index is 12.3. The molecule has 0 bridgehead atoms. The molecule has 1 aromatic rings. The van der Waals surface area contributed by atoms with Crippen molar-refractivity contribution in [3.8, 4) is 5.75 Å². The summed E-state index contributed by atoms with van der Waals surface area (Å²) in [6, 6.07) is 3.38. The average Bonchev–Trinajstić information content (AvgIpc) is 1.95. The van der Waals surface area contributed by atoms with E-state index in [0.717, 1.165) is 12.1 Å². The van der Waals surface area contributed by atoms with E-state index < -0.39 is 11.6 Å². The molecule has 0 aliphatic carbocycles. The molecule has 1 aromatic carbocycles. The number of hydrogen-bond acceptors (Lipinski definition) is 1. The number of ether oxygens (including phenoxy) is 1. The zero-order valence-electron chi connectivity index (χ0n) is 6.86. The second-order valence-electron chi connectivity index (χ2n) is 1.78. The molecule has 13 heavy (non-hydrogen) atoms. The van der Waals surface area contributed by atoms with E-state index in [1.54, 1.807) is 0 Å². The number of rotatable bonds is 1. The first kappa shape index (κ1) is 18.9. The Kier molecular flexibility index (Phi) is 12.8. The monoisotopic (exact) mass is 238 g/mol. The summed E-state index contributed by atoms with van der Waals surface area (Å²) in [6.07, 6.45) is 0. The summed E-state index contributed by atoms with van der Waals surface area (Å²) in [6.45, 7) is 0. The number of benzene rings is 1. The van der Waals surface area contributed by atoms with Crippen molar-refractivity contribution in [1.29, 1.82) is 0 Å². The third kappa shape index (κ3) is 5.51. The van der Waals surface area contributed by atoms with Crippen LogP contribution < -0.4 is 29.6 Å². The van der Waals surface area contributed by atoms with E-state index in [0.29, 0.717) is 5.75 Å². The molecule has 0 spiro atoms. The van der Waals surface area contributed by atoms with Crippen molar-refractivity contribution < 1.29 is 38.3 Å². The van der Waals surface area contributed by atoms with Crippen LogP contribution in [-0.2, 0) is 0 Å². The van der Waals surface area contributed by atoms with Gasteiger partial charge in [0.05, 0.1) is 7.11 Å². The maximum Gasteiger partial charge on any atom is 2.00 e. The zero-order chi connectivity index (χ0) is 7.56. The Hall–Kier alpha value is 0.226. The predicted octanol–water partition coefficient (Wildman–Crippen LogP) is -4.40. The van der Waals surface area contributed by atoms with Gasteiger partial charge in [0.2, 0.25) is 0 Å². The third-order valence-corrected chi connectivity index (χ3v) is 1.13. The van der Waals surface area contributed by atoms with Crippen LogP contribution in [0, 0.1) is 11.6 Å².